The normalized spacial score (nSPS) is 13.3. The predicted molar refractivity (Wildman–Crippen MR) is 134 cm³/mol. The predicted octanol–water partition coefficient (Wildman–Crippen LogP) is 6.83. The van der Waals surface area contributed by atoms with Gasteiger partial charge in [0, 0.05) is 0 Å². The molecule has 3 N–H and O–H groups in total. The summed E-state index contributed by atoms with van der Waals surface area (Å²) < 4.78 is 0. The molecule has 0 amide bonds. The first kappa shape index (κ1) is 20.1. The summed E-state index contributed by atoms with van der Waals surface area (Å²) in [7, 11) is 0. The molecule has 1 aliphatic carbocycles. The van der Waals surface area contributed by atoms with Crippen molar-refractivity contribution in [3.05, 3.63) is 138 Å². The molecule has 0 unspecified atom stereocenters. The summed E-state index contributed by atoms with van der Waals surface area (Å²) in [6, 6.07) is 36.8. The van der Waals surface area contributed by atoms with E-state index in [1.807, 2.05) is 36.4 Å². The fourth-order valence-electron chi connectivity index (χ4n) is 5.43. The van der Waals surface area contributed by atoms with Crippen molar-refractivity contribution in [2.24, 2.45) is 0 Å². The lowest BCUT2D eigenvalue weighted by Gasteiger charge is -2.35. The maximum Gasteiger partial charge on any atom is 0.115 e. The number of phenolic OH excluding ortho intramolecular Hbond substituents is 3. The van der Waals surface area contributed by atoms with Crippen LogP contribution in [0.3, 0.4) is 0 Å². The molecule has 5 aromatic rings. The minimum Gasteiger partial charge on any atom is -0.508 e. The van der Waals surface area contributed by atoms with Crippen LogP contribution in [0.4, 0.5) is 0 Å². The Labute approximate surface area is 197 Å². The maximum absolute atomic E-state index is 10.1. The van der Waals surface area contributed by atoms with Crippen molar-refractivity contribution < 1.29 is 15.3 Å². The van der Waals surface area contributed by atoms with Gasteiger partial charge in [-0.15, -0.1) is 0 Å². The quantitative estimate of drug-likeness (QED) is 0.281. The molecule has 0 aromatic heterocycles. The zero-order valence-electron chi connectivity index (χ0n) is 18.3. The topological polar surface area (TPSA) is 60.7 Å². The molecule has 5 aromatic carbocycles. The largest absolute Gasteiger partial charge is 0.508 e. The molecule has 34 heavy (non-hydrogen) atoms. The monoisotopic (exact) mass is 442 g/mol. The number of fused-ring (bicyclic) bond motifs is 3. The van der Waals surface area contributed by atoms with Crippen LogP contribution in [-0.4, -0.2) is 15.3 Å². The molecule has 1 aliphatic rings. The van der Waals surface area contributed by atoms with Gasteiger partial charge in [-0.25, -0.2) is 0 Å². The summed E-state index contributed by atoms with van der Waals surface area (Å²) in [6.07, 6.45) is 0. The standard InChI is InChI=1S/C31H22O3/c32-23-14-8-20(9-15-23)26-5-3-6-28-27-4-1-2-7-29(27)31(30(26)28,21-10-16-24(33)17-11-21)22-12-18-25(34)19-13-22/h1-19,32-34H. The highest BCUT2D eigenvalue weighted by molar-refractivity contribution is 5.92. The molecule has 0 heterocycles. The number of hydrogen-bond donors (Lipinski definition) is 3. The third kappa shape index (κ3) is 2.84. The molecule has 0 radical (unpaired) electrons. The van der Waals surface area contributed by atoms with Crippen molar-refractivity contribution in [1.82, 2.24) is 0 Å². The highest BCUT2D eigenvalue weighted by atomic mass is 16.3. The van der Waals surface area contributed by atoms with Gasteiger partial charge in [0.25, 0.3) is 0 Å². The molecule has 0 aliphatic heterocycles. The smallest absolute Gasteiger partial charge is 0.115 e. The van der Waals surface area contributed by atoms with Gasteiger partial charge in [0.15, 0.2) is 0 Å². The number of rotatable bonds is 3. The molecular weight excluding hydrogens is 420 g/mol. The summed E-state index contributed by atoms with van der Waals surface area (Å²) in [5.74, 6) is 0.647. The zero-order chi connectivity index (χ0) is 23.3. The van der Waals surface area contributed by atoms with Crippen molar-refractivity contribution in [2.75, 3.05) is 0 Å². The highest BCUT2D eigenvalue weighted by Crippen LogP contribution is 2.58. The summed E-state index contributed by atoms with van der Waals surface area (Å²) in [5, 5.41) is 30.1. The Hall–Kier alpha value is -4.50. The van der Waals surface area contributed by atoms with Crippen molar-refractivity contribution in [2.45, 2.75) is 5.41 Å². The molecule has 164 valence electrons. The average Bonchev–Trinajstić information content (AvgIpc) is 3.17. The van der Waals surface area contributed by atoms with Crippen LogP contribution in [0.2, 0.25) is 0 Å². The fraction of sp³-hybridized carbons (Fsp3) is 0.0323. The number of hydrogen-bond acceptors (Lipinski definition) is 3. The average molecular weight is 443 g/mol. The zero-order valence-corrected chi connectivity index (χ0v) is 18.3. The molecule has 0 fully saturated rings. The van der Waals surface area contributed by atoms with Gasteiger partial charge < -0.3 is 15.3 Å². The Kier molecular flexibility index (Phi) is 4.46. The lowest BCUT2D eigenvalue weighted by atomic mass is 9.66. The summed E-state index contributed by atoms with van der Waals surface area (Å²) >= 11 is 0. The van der Waals surface area contributed by atoms with E-state index in [0.717, 1.165) is 44.5 Å². The Morgan fingerprint density at radius 1 is 0.412 bits per heavy atom. The van der Waals surface area contributed by atoms with Crippen molar-refractivity contribution in [3.8, 4) is 39.5 Å². The molecule has 0 bridgehead atoms. The van der Waals surface area contributed by atoms with Gasteiger partial charge in [-0.3, -0.25) is 0 Å². The van der Waals surface area contributed by atoms with E-state index in [1.54, 1.807) is 36.4 Å². The Morgan fingerprint density at radius 3 is 1.47 bits per heavy atom. The summed E-state index contributed by atoms with van der Waals surface area (Å²) in [4.78, 5) is 0. The van der Waals surface area contributed by atoms with E-state index < -0.39 is 5.41 Å². The van der Waals surface area contributed by atoms with E-state index in [4.69, 9.17) is 0 Å². The van der Waals surface area contributed by atoms with Crippen LogP contribution in [0.25, 0.3) is 22.3 Å². The molecule has 3 heteroatoms. The summed E-state index contributed by atoms with van der Waals surface area (Å²) in [6.45, 7) is 0. The first-order chi connectivity index (χ1) is 16.6. The third-order valence-electron chi connectivity index (χ3n) is 6.84. The van der Waals surface area contributed by atoms with Gasteiger partial charge in [0.1, 0.15) is 17.2 Å². The second kappa shape index (κ2) is 7.53. The van der Waals surface area contributed by atoms with Gasteiger partial charge in [-0.2, -0.15) is 0 Å². The lowest BCUT2D eigenvalue weighted by Crippen LogP contribution is -2.29. The lowest BCUT2D eigenvalue weighted by molar-refractivity contribution is 0.474. The van der Waals surface area contributed by atoms with Crippen molar-refractivity contribution in [1.29, 1.82) is 0 Å². The van der Waals surface area contributed by atoms with Crippen LogP contribution in [0.5, 0.6) is 17.2 Å². The first-order valence-corrected chi connectivity index (χ1v) is 11.2. The number of benzene rings is 5. The first-order valence-electron chi connectivity index (χ1n) is 11.2. The van der Waals surface area contributed by atoms with Crippen LogP contribution in [-0.2, 0) is 5.41 Å². The minimum atomic E-state index is -0.665. The maximum atomic E-state index is 10.1. The number of aromatic hydroxyl groups is 3. The van der Waals surface area contributed by atoms with Gasteiger partial charge >= 0.3 is 0 Å². The van der Waals surface area contributed by atoms with Gasteiger partial charge in [0.05, 0.1) is 5.41 Å². The SMILES string of the molecule is Oc1ccc(-c2cccc3c2C(c2ccc(O)cc2)(c2ccc(O)cc2)c2ccccc2-3)cc1. The van der Waals surface area contributed by atoms with E-state index in [1.165, 1.54) is 0 Å². The van der Waals surface area contributed by atoms with Crippen LogP contribution >= 0.6 is 0 Å². The Bertz CT molecular complexity index is 1450. The van der Waals surface area contributed by atoms with E-state index in [-0.39, 0.29) is 17.2 Å². The molecule has 0 atom stereocenters. The highest BCUT2D eigenvalue weighted by Gasteiger charge is 2.47. The second-order valence-corrected chi connectivity index (χ2v) is 8.66. The minimum absolute atomic E-state index is 0.211. The van der Waals surface area contributed by atoms with Gasteiger partial charge in [0.2, 0.25) is 0 Å². The Morgan fingerprint density at radius 2 is 0.882 bits per heavy atom. The molecular formula is C31H22O3. The van der Waals surface area contributed by atoms with E-state index in [9.17, 15) is 15.3 Å². The van der Waals surface area contributed by atoms with Crippen LogP contribution in [0.15, 0.2) is 115 Å². The van der Waals surface area contributed by atoms with E-state index in [0.29, 0.717) is 0 Å². The fourth-order valence-corrected chi connectivity index (χ4v) is 5.43. The molecule has 3 nitrogen and oxygen atoms in total. The Balaban J connectivity index is 1.79. The van der Waals surface area contributed by atoms with Crippen LogP contribution in [0, 0.1) is 0 Å². The van der Waals surface area contributed by atoms with Crippen molar-refractivity contribution in [3.63, 3.8) is 0 Å². The molecule has 6 rings (SSSR count). The van der Waals surface area contributed by atoms with Gasteiger partial charge in [-0.05, 0) is 80.9 Å². The third-order valence-corrected chi connectivity index (χ3v) is 6.84. The van der Waals surface area contributed by atoms with Crippen molar-refractivity contribution >= 4 is 0 Å². The van der Waals surface area contributed by atoms with Crippen LogP contribution in [0.1, 0.15) is 22.3 Å². The second-order valence-electron chi connectivity index (χ2n) is 8.66. The molecule has 0 spiro atoms. The van der Waals surface area contributed by atoms with E-state index in [2.05, 4.69) is 42.5 Å². The summed E-state index contributed by atoms with van der Waals surface area (Å²) in [5.41, 5.74) is 8.02. The van der Waals surface area contributed by atoms with E-state index >= 15 is 0 Å². The van der Waals surface area contributed by atoms with Crippen LogP contribution < -0.4 is 0 Å². The number of phenols is 3. The molecule has 0 saturated heterocycles. The molecule has 0 saturated carbocycles. The van der Waals surface area contributed by atoms with Gasteiger partial charge in [-0.1, -0.05) is 78.9 Å².